The highest BCUT2D eigenvalue weighted by Gasteiger charge is 2.19. The van der Waals surface area contributed by atoms with Crippen molar-refractivity contribution >= 4 is 6.01 Å². The monoisotopic (exact) mass is 255 g/mol. The maximum atomic E-state index is 5.62. The smallest absolute Gasteiger partial charge is 0.318 e. The van der Waals surface area contributed by atoms with E-state index in [-0.39, 0.29) is 0 Å². The Labute approximate surface area is 107 Å². The molecule has 7 heteroatoms. The van der Waals surface area contributed by atoms with E-state index >= 15 is 0 Å². The highest BCUT2D eigenvalue weighted by atomic mass is 16.5. The summed E-state index contributed by atoms with van der Waals surface area (Å²) in [6, 6.07) is 0.631. The Morgan fingerprint density at radius 1 is 1.28 bits per heavy atom. The van der Waals surface area contributed by atoms with Gasteiger partial charge in [-0.1, -0.05) is 5.10 Å². The molecule has 0 amide bonds. The van der Waals surface area contributed by atoms with E-state index in [1.807, 2.05) is 0 Å². The number of nitrogens with one attached hydrogen (secondary N) is 1. The zero-order valence-electron chi connectivity index (χ0n) is 11.1. The predicted octanol–water partition coefficient (Wildman–Crippen LogP) is -0.443. The molecule has 102 valence electrons. The summed E-state index contributed by atoms with van der Waals surface area (Å²) < 4.78 is 10.6. The summed E-state index contributed by atoms with van der Waals surface area (Å²) in [6.07, 6.45) is 0. The van der Waals surface area contributed by atoms with Gasteiger partial charge in [-0.2, -0.15) is 0 Å². The van der Waals surface area contributed by atoms with Gasteiger partial charge in [-0.3, -0.25) is 0 Å². The van der Waals surface area contributed by atoms with E-state index in [4.69, 9.17) is 9.15 Å². The summed E-state index contributed by atoms with van der Waals surface area (Å²) in [4.78, 5) is 4.42. The molecule has 1 aromatic heterocycles. The molecule has 1 aliphatic heterocycles. The minimum absolute atomic E-state index is 0.587. The van der Waals surface area contributed by atoms with Crippen LogP contribution in [0, 0.1) is 0 Å². The van der Waals surface area contributed by atoms with Gasteiger partial charge in [0, 0.05) is 39.8 Å². The Morgan fingerprint density at radius 3 is 2.78 bits per heavy atom. The number of hydrogen-bond acceptors (Lipinski definition) is 7. The molecule has 1 saturated heterocycles. The van der Waals surface area contributed by atoms with Crippen LogP contribution in [-0.4, -0.2) is 68.6 Å². The summed E-state index contributed by atoms with van der Waals surface area (Å²) in [7, 11) is 3.80. The van der Waals surface area contributed by atoms with E-state index in [1.54, 1.807) is 7.11 Å². The number of ether oxygens (including phenoxy) is 1. The number of rotatable bonds is 6. The average molecular weight is 255 g/mol. The van der Waals surface area contributed by atoms with Gasteiger partial charge in [-0.15, -0.1) is 5.10 Å². The van der Waals surface area contributed by atoms with Crippen molar-refractivity contribution < 1.29 is 9.15 Å². The second-order valence-corrected chi connectivity index (χ2v) is 4.44. The number of piperazine rings is 1. The van der Waals surface area contributed by atoms with E-state index < -0.39 is 0 Å². The van der Waals surface area contributed by atoms with Gasteiger partial charge in [-0.05, 0) is 7.05 Å². The Bertz CT molecular complexity index is 349. The third-order valence-electron chi connectivity index (χ3n) is 2.99. The molecule has 18 heavy (non-hydrogen) atoms. The predicted molar refractivity (Wildman–Crippen MR) is 67.6 cm³/mol. The van der Waals surface area contributed by atoms with Crippen molar-refractivity contribution in [3.05, 3.63) is 5.89 Å². The molecular formula is C11H21N5O2. The number of hydrogen-bond donors (Lipinski definition) is 1. The lowest BCUT2D eigenvalue weighted by Gasteiger charge is -2.30. The van der Waals surface area contributed by atoms with Gasteiger partial charge < -0.3 is 24.3 Å². The van der Waals surface area contributed by atoms with Crippen molar-refractivity contribution in [1.29, 1.82) is 0 Å². The molecule has 1 N–H and O–H groups in total. The molecule has 2 rings (SSSR count). The molecule has 0 bridgehead atoms. The fourth-order valence-corrected chi connectivity index (χ4v) is 1.81. The first-order valence-electron chi connectivity index (χ1n) is 6.25. The molecule has 0 aliphatic carbocycles. The van der Waals surface area contributed by atoms with Crippen molar-refractivity contribution in [2.75, 3.05) is 58.4 Å². The molecule has 7 nitrogen and oxygen atoms in total. The third-order valence-corrected chi connectivity index (χ3v) is 2.99. The molecule has 0 radical (unpaired) electrons. The van der Waals surface area contributed by atoms with Gasteiger partial charge in [0.1, 0.15) is 0 Å². The van der Waals surface area contributed by atoms with Crippen LogP contribution < -0.4 is 10.2 Å². The lowest BCUT2D eigenvalue weighted by atomic mass is 10.3. The van der Waals surface area contributed by atoms with Gasteiger partial charge in [0.05, 0.1) is 13.2 Å². The van der Waals surface area contributed by atoms with Crippen molar-refractivity contribution in [3.8, 4) is 0 Å². The van der Waals surface area contributed by atoms with Crippen LogP contribution in [0.2, 0.25) is 0 Å². The second kappa shape index (κ2) is 6.67. The van der Waals surface area contributed by atoms with E-state index in [2.05, 4.69) is 32.4 Å². The molecule has 0 saturated carbocycles. The van der Waals surface area contributed by atoms with Gasteiger partial charge in [-0.25, -0.2) is 0 Å². The average Bonchev–Trinajstić information content (AvgIpc) is 2.84. The minimum atomic E-state index is 0.587. The topological polar surface area (TPSA) is 66.7 Å². The zero-order valence-corrected chi connectivity index (χ0v) is 11.1. The zero-order chi connectivity index (χ0) is 12.8. The summed E-state index contributed by atoms with van der Waals surface area (Å²) in [5, 5.41) is 11.3. The van der Waals surface area contributed by atoms with Crippen LogP contribution in [0.1, 0.15) is 5.89 Å². The molecule has 0 atom stereocenters. The molecule has 1 aliphatic rings. The maximum absolute atomic E-state index is 5.62. The third kappa shape index (κ3) is 3.66. The van der Waals surface area contributed by atoms with Crippen LogP contribution in [0.4, 0.5) is 6.01 Å². The van der Waals surface area contributed by atoms with Crippen LogP contribution in [0.25, 0.3) is 0 Å². The highest BCUT2D eigenvalue weighted by molar-refractivity contribution is 5.24. The Balaban J connectivity index is 1.78. The van der Waals surface area contributed by atoms with Crippen molar-refractivity contribution in [2.24, 2.45) is 0 Å². The van der Waals surface area contributed by atoms with Crippen LogP contribution in [0.15, 0.2) is 4.42 Å². The summed E-state index contributed by atoms with van der Waals surface area (Å²) in [6.45, 7) is 5.99. The SMILES string of the molecule is COCCNCc1nnc(N2CCN(C)CC2)o1. The molecular weight excluding hydrogens is 234 g/mol. The normalized spacial score (nSPS) is 17.3. The van der Waals surface area contributed by atoms with E-state index in [0.717, 1.165) is 32.7 Å². The van der Waals surface area contributed by atoms with E-state index in [0.29, 0.717) is 25.1 Å². The van der Waals surface area contributed by atoms with Crippen LogP contribution >= 0.6 is 0 Å². The summed E-state index contributed by atoms with van der Waals surface area (Å²) >= 11 is 0. The first-order valence-corrected chi connectivity index (χ1v) is 6.25. The Morgan fingerprint density at radius 2 is 2.06 bits per heavy atom. The van der Waals surface area contributed by atoms with Crippen molar-refractivity contribution in [2.45, 2.75) is 6.54 Å². The fraction of sp³-hybridized carbons (Fsp3) is 0.818. The van der Waals surface area contributed by atoms with E-state index in [9.17, 15) is 0 Å². The van der Waals surface area contributed by atoms with Crippen LogP contribution in [0.3, 0.4) is 0 Å². The molecule has 0 unspecified atom stereocenters. The lowest BCUT2D eigenvalue weighted by Crippen LogP contribution is -2.44. The van der Waals surface area contributed by atoms with Crippen LogP contribution in [0.5, 0.6) is 0 Å². The molecule has 2 heterocycles. The van der Waals surface area contributed by atoms with Gasteiger partial charge in [0.2, 0.25) is 5.89 Å². The number of aromatic nitrogens is 2. The summed E-state index contributed by atoms with van der Waals surface area (Å²) in [5.74, 6) is 0.625. The highest BCUT2D eigenvalue weighted by Crippen LogP contribution is 2.13. The minimum Gasteiger partial charge on any atom is -0.407 e. The largest absolute Gasteiger partial charge is 0.407 e. The van der Waals surface area contributed by atoms with Crippen molar-refractivity contribution in [3.63, 3.8) is 0 Å². The summed E-state index contributed by atoms with van der Waals surface area (Å²) in [5.41, 5.74) is 0. The van der Waals surface area contributed by atoms with E-state index in [1.165, 1.54) is 0 Å². The second-order valence-electron chi connectivity index (χ2n) is 4.44. The van der Waals surface area contributed by atoms with Crippen LogP contribution in [-0.2, 0) is 11.3 Å². The van der Waals surface area contributed by atoms with Gasteiger partial charge in [0.15, 0.2) is 0 Å². The first-order chi connectivity index (χ1) is 8.79. The fourth-order valence-electron chi connectivity index (χ4n) is 1.81. The lowest BCUT2D eigenvalue weighted by molar-refractivity contribution is 0.198. The number of likely N-dealkylation sites (N-methyl/N-ethyl adjacent to an activating group) is 1. The number of nitrogens with zero attached hydrogens (tertiary/aromatic N) is 4. The van der Waals surface area contributed by atoms with Gasteiger partial charge in [0.25, 0.3) is 0 Å². The Hall–Kier alpha value is -1.18. The maximum Gasteiger partial charge on any atom is 0.318 e. The number of methoxy groups -OCH3 is 1. The number of anilines is 1. The first kappa shape index (κ1) is 13.3. The molecule has 1 aromatic rings. The molecule has 1 fully saturated rings. The molecule has 0 spiro atoms. The molecule has 0 aromatic carbocycles. The Kier molecular flexibility index (Phi) is 4.91. The van der Waals surface area contributed by atoms with Crippen molar-refractivity contribution in [1.82, 2.24) is 20.4 Å². The standard InChI is InChI=1S/C11H21N5O2/c1-15-4-6-16(7-5-15)11-14-13-10(18-11)9-12-3-8-17-2/h12H,3-9H2,1-2H3. The van der Waals surface area contributed by atoms with Gasteiger partial charge >= 0.3 is 6.01 Å². The quantitative estimate of drug-likeness (QED) is 0.691.